The van der Waals surface area contributed by atoms with Crippen molar-refractivity contribution in [3.63, 3.8) is 0 Å². The van der Waals surface area contributed by atoms with Crippen LogP contribution in [0.3, 0.4) is 0 Å². The molecule has 4 heteroatoms. The van der Waals surface area contributed by atoms with Gasteiger partial charge >= 0.3 is 0 Å². The predicted molar refractivity (Wildman–Crippen MR) is 78.3 cm³/mol. The number of pyridine rings is 1. The molecule has 0 aliphatic rings. The molecule has 3 aromatic rings. The number of carbonyl (C=O) groups is 1. The molecule has 0 unspecified atom stereocenters. The van der Waals surface area contributed by atoms with Crippen molar-refractivity contribution in [1.82, 2.24) is 9.38 Å². The van der Waals surface area contributed by atoms with Crippen LogP contribution in [0.4, 0.5) is 0 Å². The Bertz CT molecular complexity index is 759. The Balaban J connectivity index is 2.11. The summed E-state index contributed by atoms with van der Waals surface area (Å²) in [6.45, 7) is 1.56. The summed E-state index contributed by atoms with van der Waals surface area (Å²) in [4.78, 5) is 15.9. The van der Waals surface area contributed by atoms with Crippen LogP contribution in [0.25, 0.3) is 16.9 Å². The highest BCUT2D eigenvalue weighted by molar-refractivity contribution is 9.10. The number of hydrogen-bond donors (Lipinski definition) is 0. The molecule has 0 saturated heterocycles. The first-order valence-electron chi connectivity index (χ1n) is 5.89. The van der Waals surface area contributed by atoms with Gasteiger partial charge in [-0.3, -0.25) is 4.79 Å². The summed E-state index contributed by atoms with van der Waals surface area (Å²) in [7, 11) is 0. The number of Topliss-reactive ketones (excluding diaryl/α,β-unsaturated/α-hetero) is 1. The van der Waals surface area contributed by atoms with E-state index in [1.54, 1.807) is 13.0 Å². The Kier molecular flexibility index (Phi) is 2.95. The zero-order valence-electron chi connectivity index (χ0n) is 10.3. The molecule has 0 amide bonds. The molecular weight excluding hydrogens is 304 g/mol. The quantitative estimate of drug-likeness (QED) is 0.671. The highest BCUT2D eigenvalue weighted by atomic mass is 79.9. The number of halogens is 1. The van der Waals surface area contributed by atoms with Gasteiger partial charge in [0, 0.05) is 28.0 Å². The molecule has 3 nitrogen and oxygen atoms in total. The number of nitrogens with zero attached hydrogens (tertiary/aromatic N) is 2. The van der Waals surface area contributed by atoms with Gasteiger partial charge < -0.3 is 4.40 Å². The second-order valence-electron chi connectivity index (χ2n) is 4.37. The third kappa shape index (κ3) is 2.31. The van der Waals surface area contributed by atoms with Gasteiger partial charge in [0.2, 0.25) is 0 Å². The van der Waals surface area contributed by atoms with E-state index >= 15 is 0 Å². The molecule has 0 bridgehead atoms. The number of rotatable bonds is 2. The van der Waals surface area contributed by atoms with E-state index in [-0.39, 0.29) is 5.78 Å². The monoisotopic (exact) mass is 314 g/mol. The average Bonchev–Trinajstić information content (AvgIpc) is 2.82. The van der Waals surface area contributed by atoms with E-state index in [4.69, 9.17) is 0 Å². The van der Waals surface area contributed by atoms with Crippen molar-refractivity contribution in [3.05, 3.63) is 58.8 Å². The summed E-state index contributed by atoms with van der Waals surface area (Å²) in [5, 5.41) is 0. The van der Waals surface area contributed by atoms with E-state index < -0.39 is 0 Å². The summed E-state index contributed by atoms with van der Waals surface area (Å²) in [6.07, 6.45) is 3.75. The van der Waals surface area contributed by atoms with E-state index in [0.29, 0.717) is 5.56 Å². The third-order valence-electron chi connectivity index (χ3n) is 3.00. The van der Waals surface area contributed by atoms with Crippen molar-refractivity contribution in [2.24, 2.45) is 0 Å². The minimum absolute atomic E-state index is 0.0563. The van der Waals surface area contributed by atoms with Gasteiger partial charge in [-0.05, 0) is 31.2 Å². The topological polar surface area (TPSA) is 34.4 Å². The number of carbonyl (C=O) groups excluding carboxylic acids is 1. The van der Waals surface area contributed by atoms with Crippen LogP contribution < -0.4 is 0 Å². The van der Waals surface area contributed by atoms with Gasteiger partial charge in [0.25, 0.3) is 0 Å². The van der Waals surface area contributed by atoms with Crippen molar-refractivity contribution in [2.75, 3.05) is 0 Å². The Morgan fingerprint density at radius 3 is 2.53 bits per heavy atom. The summed E-state index contributed by atoms with van der Waals surface area (Å²) in [5.41, 5.74) is 3.47. The number of hydrogen-bond acceptors (Lipinski definition) is 2. The van der Waals surface area contributed by atoms with Gasteiger partial charge in [-0.1, -0.05) is 28.1 Å². The predicted octanol–water partition coefficient (Wildman–Crippen LogP) is 3.97. The van der Waals surface area contributed by atoms with Gasteiger partial charge in [-0.25, -0.2) is 4.98 Å². The number of ketones is 1. The smallest absolute Gasteiger partial charge is 0.161 e. The molecule has 1 aromatic carbocycles. The molecule has 94 valence electrons. The molecule has 0 aliphatic carbocycles. The lowest BCUT2D eigenvalue weighted by molar-refractivity contribution is 0.101. The van der Waals surface area contributed by atoms with E-state index in [2.05, 4.69) is 20.9 Å². The number of aromatic nitrogens is 2. The fourth-order valence-corrected chi connectivity index (χ4v) is 2.22. The van der Waals surface area contributed by atoms with Crippen LogP contribution in [0.5, 0.6) is 0 Å². The highest BCUT2D eigenvalue weighted by Crippen LogP contribution is 2.21. The summed E-state index contributed by atoms with van der Waals surface area (Å²) in [5.74, 6) is 0.0563. The first kappa shape index (κ1) is 12.1. The van der Waals surface area contributed by atoms with Crippen molar-refractivity contribution in [2.45, 2.75) is 6.92 Å². The Morgan fingerprint density at radius 1 is 1.11 bits per heavy atom. The first-order valence-corrected chi connectivity index (χ1v) is 6.68. The molecule has 2 heterocycles. The maximum Gasteiger partial charge on any atom is 0.161 e. The summed E-state index contributed by atoms with van der Waals surface area (Å²) in [6, 6.07) is 11.7. The third-order valence-corrected chi connectivity index (χ3v) is 3.53. The van der Waals surface area contributed by atoms with Gasteiger partial charge in [-0.15, -0.1) is 0 Å². The molecule has 2 aromatic heterocycles. The van der Waals surface area contributed by atoms with Crippen LogP contribution in [-0.2, 0) is 0 Å². The number of fused-ring (bicyclic) bond motifs is 1. The van der Waals surface area contributed by atoms with E-state index in [1.165, 1.54) is 0 Å². The van der Waals surface area contributed by atoms with Gasteiger partial charge in [0.05, 0.1) is 5.69 Å². The van der Waals surface area contributed by atoms with Crippen LogP contribution in [-0.4, -0.2) is 15.2 Å². The maximum atomic E-state index is 11.4. The van der Waals surface area contributed by atoms with Crippen molar-refractivity contribution in [1.29, 1.82) is 0 Å². The highest BCUT2D eigenvalue weighted by Gasteiger charge is 2.06. The molecular formula is C15H11BrN2O. The Morgan fingerprint density at radius 2 is 1.84 bits per heavy atom. The molecule has 0 fully saturated rings. The standard InChI is InChI=1S/C15H11BrN2O/c1-10(19)12-4-7-15-17-14(9-18(15)8-12)11-2-5-13(16)6-3-11/h2-9H,1H3. The minimum atomic E-state index is 0.0563. The second kappa shape index (κ2) is 4.63. The molecule has 0 N–H and O–H groups in total. The molecule has 0 atom stereocenters. The largest absolute Gasteiger partial charge is 0.306 e. The SMILES string of the molecule is CC(=O)c1ccc2nc(-c3ccc(Br)cc3)cn2c1. The Hall–Kier alpha value is -1.94. The maximum absolute atomic E-state index is 11.4. The lowest BCUT2D eigenvalue weighted by Crippen LogP contribution is -1.94. The second-order valence-corrected chi connectivity index (χ2v) is 5.29. The van der Waals surface area contributed by atoms with Crippen molar-refractivity contribution >= 4 is 27.4 Å². The number of imidazole rings is 1. The summed E-state index contributed by atoms with van der Waals surface area (Å²) >= 11 is 3.42. The summed E-state index contributed by atoms with van der Waals surface area (Å²) < 4.78 is 2.92. The van der Waals surface area contributed by atoms with Crippen molar-refractivity contribution < 1.29 is 4.79 Å². The fraction of sp³-hybridized carbons (Fsp3) is 0.0667. The van der Waals surface area contributed by atoms with Crippen LogP contribution in [0.15, 0.2) is 53.3 Å². The zero-order valence-corrected chi connectivity index (χ0v) is 11.9. The molecule has 3 rings (SSSR count). The Labute approximate surface area is 119 Å². The zero-order chi connectivity index (χ0) is 13.4. The lowest BCUT2D eigenvalue weighted by Gasteiger charge is -1.96. The average molecular weight is 315 g/mol. The van der Waals surface area contributed by atoms with Crippen LogP contribution in [0.2, 0.25) is 0 Å². The minimum Gasteiger partial charge on any atom is -0.306 e. The van der Waals surface area contributed by atoms with Gasteiger partial charge in [0.1, 0.15) is 5.65 Å². The number of benzene rings is 1. The van der Waals surface area contributed by atoms with E-state index in [1.807, 2.05) is 47.1 Å². The molecule has 0 spiro atoms. The molecule has 19 heavy (non-hydrogen) atoms. The molecule has 0 saturated carbocycles. The fourth-order valence-electron chi connectivity index (χ4n) is 1.96. The first-order chi connectivity index (χ1) is 9.13. The van der Waals surface area contributed by atoms with E-state index in [9.17, 15) is 4.79 Å². The van der Waals surface area contributed by atoms with Crippen LogP contribution in [0, 0.1) is 0 Å². The normalized spacial score (nSPS) is 10.8. The molecule has 0 aliphatic heterocycles. The van der Waals surface area contributed by atoms with Gasteiger partial charge in [-0.2, -0.15) is 0 Å². The van der Waals surface area contributed by atoms with E-state index in [0.717, 1.165) is 21.4 Å². The van der Waals surface area contributed by atoms with Crippen LogP contribution >= 0.6 is 15.9 Å². The molecule has 0 radical (unpaired) electrons. The van der Waals surface area contributed by atoms with Gasteiger partial charge in [0.15, 0.2) is 5.78 Å². The van der Waals surface area contributed by atoms with Crippen LogP contribution in [0.1, 0.15) is 17.3 Å². The van der Waals surface area contributed by atoms with Crippen molar-refractivity contribution in [3.8, 4) is 11.3 Å². The lowest BCUT2D eigenvalue weighted by atomic mass is 10.2.